The van der Waals surface area contributed by atoms with E-state index in [-0.39, 0.29) is 5.41 Å². The third kappa shape index (κ3) is 1.88. The van der Waals surface area contributed by atoms with Crippen molar-refractivity contribution in [1.82, 2.24) is 0 Å². The molecule has 1 rings (SSSR count). The molecule has 0 bridgehead atoms. The number of hydrogen-bond donors (Lipinski definition) is 1. The predicted molar refractivity (Wildman–Crippen MR) is 65.8 cm³/mol. The first kappa shape index (κ1) is 12.1. The highest BCUT2D eigenvalue weighted by molar-refractivity contribution is 5.55. The zero-order valence-electron chi connectivity index (χ0n) is 10.9. The van der Waals surface area contributed by atoms with E-state index in [2.05, 4.69) is 34.6 Å². The second-order valence-corrected chi connectivity index (χ2v) is 5.47. The van der Waals surface area contributed by atoms with Gasteiger partial charge in [0.15, 0.2) is 0 Å². The largest absolute Gasteiger partial charge is 0.507 e. The first-order valence-corrected chi connectivity index (χ1v) is 5.47. The summed E-state index contributed by atoms with van der Waals surface area (Å²) >= 11 is 0. The molecule has 0 aliphatic rings. The van der Waals surface area contributed by atoms with Gasteiger partial charge >= 0.3 is 0 Å². The molecule has 0 saturated carbocycles. The molecule has 0 aliphatic heterocycles. The minimum absolute atomic E-state index is 0.0874. The average Bonchev–Trinajstić information content (AvgIpc) is 2.09. The lowest BCUT2D eigenvalue weighted by Gasteiger charge is -2.27. The fraction of sp³-hybridized carbons (Fsp3) is 0.571. The van der Waals surface area contributed by atoms with E-state index >= 15 is 0 Å². The van der Waals surface area contributed by atoms with Gasteiger partial charge in [-0.3, -0.25) is 0 Å². The van der Waals surface area contributed by atoms with Crippen molar-refractivity contribution >= 4 is 0 Å². The highest BCUT2D eigenvalue weighted by atomic mass is 16.3. The highest BCUT2D eigenvalue weighted by Gasteiger charge is 2.23. The minimum Gasteiger partial charge on any atom is -0.507 e. The van der Waals surface area contributed by atoms with Crippen LogP contribution in [0.3, 0.4) is 0 Å². The lowest BCUT2D eigenvalue weighted by Crippen LogP contribution is -2.16. The Labute approximate surface area is 93.1 Å². The molecule has 1 heteroatoms. The number of phenols is 1. The number of benzene rings is 1. The zero-order valence-corrected chi connectivity index (χ0v) is 10.9. The van der Waals surface area contributed by atoms with Crippen molar-refractivity contribution in [2.24, 2.45) is 0 Å². The van der Waals surface area contributed by atoms with Crippen LogP contribution in [-0.2, 0) is 5.41 Å². The molecule has 0 aliphatic carbocycles. The van der Waals surface area contributed by atoms with Crippen LogP contribution in [0.5, 0.6) is 5.75 Å². The summed E-state index contributed by atoms with van der Waals surface area (Å²) in [5.41, 5.74) is 5.94. The summed E-state index contributed by atoms with van der Waals surface area (Å²) in [7, 11) is 0. The van der Waals surface area contributed by atoms with Gasteiger partial charge in [0.2, 0.25) is 0 Å². The van der Waals surface area contributed by atoms with Crippen LogP contribution in [0.25, 0.3) is 0 Å². The van der Waals surface area contributed by atoms with Crippen LogP contribution in [0.4, 0.5) is 0 Å². The normalized spacial score (nSPS) is 11.9. The SMILES string of the molecule is Cc1c(C)c(O)c(C)c(C(C)(C)C)c1C. The van der Waals surface area contributed by atoms with Crippen LogP contribution in [-0.4, -0.2) is 5.11 Å². The highest BCUT2D eigenvalue weighted by Crippen LogP contribution is 2.37. The standard InChI is InChI=1S/C14H22O/c1-8-9(2)12(14(5,6)7)11(4)13(15)10(8)3/h15H,1-7H3. The third-order valence-electron chi connectivity index (χ3n) is 3.34. The fourth-order valence-electron chi connectivity index (χ4n) is 2.45. The van der Waals surface area contributed by atoms with Gasteiger partial charge in [0.1, 0.15) is 5.75 Å². The van der Waals surface area contributed by atoms with E-state index in [4.69, 9.17) is 0 Å². The van der Waals surface area contributed by atoms with E-state index in [0.717, 1.165) is 11.1 Å². The Morgan fingerprint density at radius 2 is 1.20 bits per heavy atom. The van der Waals surface area contributed by atoms with Crippen molar-refractivity contribution in [3.05, 3.63) is 27.8 Å². The van der Waals surface area contributed by atoms with Gasteiger partial charge in [0.05, 0.1) is 0 Å². The molecule has 0 saturated heterocycles. The molecule has 15 heavy (non-hydrogen) atoms. The molecular weight excluding hydrogens is 184 g/mol. The second kappa shape index (κ2) is 3.55. The molecule has 0 fully saturated rings. The van der Waals surface area contributed by atoms with Crippen LogP contribution in [0.1, 0.15) is 48.6 Å². The van der Waals surface area contributed by atoms with Gasteiger partial charge in [-0.05, 0) is 60.9 Å². The zero-order chi connectivity index (χ0) is 12.0. The molecular formula is C14H22O. The van der Waals surface area contributed by atoms with Gasteiger partial charge < -0.3 is 5.11 Å². The van der Waals surface area contributed by atoms with Crippen molar-refractivity contribution in [1.29, 1.82) is 0 Å². The molecule has 0 radical (unpaired) electrons. The summed E-state index contributed by atoms with van der Waals surface area (Å²) in [6.45, 7) is 14.8. The Kier molecular flexibility index (Phi) is 2.86. The molecule has 1 N–H and O–H groups in total. The maximum Gasteiger partial charge on any atom is 0.121 e. The van der Waals surface area contributed by atoms with Crippen molar-refractivity contribution in [2.75, 3.05) is 0 Å². The van der Waals surface area contributed by atoms with E-state index in [1.165, 1.54) is 16.7 Å². The Morgan fingerprint density at radius 1 is 0.733 bits per heavy atom. The van der Waals surface area contributed by atoms with Crippen molar-refractivity contribution in [3.8, 4) is 5.75 Å². The topological polar surface area (TPSA) is 20.2 Å². The number of rotatable bonds is 0. The van der Waals surface area contributed by atoms with Crippen molar-refractivity contribution in [2.45, 2.75) is 53.9 Å². The lowest BCUT2D eigenvalue weighted by molar-refractivity contribution is 0.460. The van der Waals surface area contributed by atoms with Crippen molar-refractivity contribution in [3.63, 3.8) is 0 Å². The molecule has 1 aromatic carbocycles. The quantitative estimate of drug-likeness (QED) is 0.682. The molecule has 0 atom stereocenters. The molecule has 1 aromatic rings. The summed E-state index contributed by atoms with van der Waals surface area (Å²) in [5, 5.41) is 10.1. The molecule has 0 heterocycles. The van der Waals surface area contributed by atoms with E-state index in [0.29, 0.717) is 5.75 Å². The molecule has 0 amide bonds. The summed E-state index contributed by atoms with van der Waals surface area (Å²) in [6.07, 6.45) is 0. The van der Waals surface area contributed by atoms with Gasteiger partial charge in [-0.1, -0.05) is 20.8 Å². The van der Waals surface area contributed by atoms with Crippen LogP contribution >= 0.6 is 0 Å². The molecule has 0 unspecified atom stereocenters. The molecule has 1 nitrogen and oxygen atoms in total. The number of hydrogen-bond acceptors (Lipinski definition) is 1. The summed E-state index contributed by atoms with van der Waals surface area (Å²) < 4.78 is 0. The smallest absolute Gasteiger partial charge is 0.121 e. The maximum absolute atomic E-state index is 10.1. The van der Waals surface area contributed by atoms with E-state index in [1.807, 2.05) is 13.8 Å². The summed E-state index contributed by atoms with van der Waals surface area (Å²) in [6, 6.07) is 0. The van der Waals surface area contributed by atoms with Gasteiger partial charge in [0, 0.05) is 0 Å². The average molecular weight is 206 g/mol. The Bertz CT molecular complexity index is 366. The summed E-state index contributed by atoms with van der Waals surface area (Å²) in [4.78, 5) is 0. The summed E-state index contributed by atoms with van der Waals surface area (Å²) in [5.74, 6) is 0.461. The van der Waals surface area contributed by atoms with E-state index in [9.17, 15) is 5.11 Å². The molecule has 0 aromatic heterocycles. The Morgan fingerprint density at radius 3 is 1.60 bits per heavy atom. The van der Waals surface area contributed by atoms with E-state index < -0.39 is 0 Å². The first-order chi connectivity index (χ1) is 6.68. The van der Waals surface area contributed by atoms with Gasteiger partial charge in [0.25, 0.3) is 0 Å². The Hall–Kier alpha value is -0.980. The number of phenolic OH excluding ortho intramolecular Hbond substituents is 1. The van der Waals surface area contributed by atoms with Crippen LogP contribution in [0, 0.1) is 27.7 Å². The van der Waals surface area contributed by atoms with Gasteiger partial charge in [-0.15, -0.1) is 0 Å². The van der Waals surface area contributed by atoms with Crippen molar-refractivity contribution < 1.29 is 5.11 Å². The second-order valence-electron chi connectivity index (χ2n) is 5.47. The molecule has 0 spiro atoms. The van der Waals surface area contributed by atoms with Crippen LogP contribution in [0.15, 0.2) is 0 Å². The number of aromatic hydroxyl groups is 1. The van der Waals surface area contributed by atoms with Crippen LogP contribution < -0.4 is 0 Å². The minimum atomic E-state index is 0.0874. The van der Waals surface area contributed by atoms with Gasteiger partial charge in [-0.25, -0.2) is 0 Å². The first-order valence-electron chi connectivity index (χ1n) is 5.47. The van der Waals surface area contributed by atoms with Crippen LogP contribution in [0.2, 0.25) is 0 Å². The van der Waals surface area contributed by atoms with E-state index in [1.54, 1.807) is 0 Å². The third-order valence-corrected chi connectivity index (χ3v) is 3.34. The monoisotopic (exact) mass is 206 g/mol. The molecule has 84 valence electrons. The maximum atomic E-state index is 10.1. The fourth-order valence-corrected chi connectivity index (χ4v) is 2.45. The Balaban J connectivity index is 3.68. The van der Waals surface area contributed by atoms with Gasteiger partial charge in [-0.2, -0.15) is 0 Å². The lowest BCUT2D eigenvalue weighted by atomic mass is 9.78. The predicted octanol–water partition coefficient (Wildman–Crippen LogP) is 3.92.